The Bertz CT molecular complexity index is 529. The number of carbonyl (C=O) groups excluding carboxylic acids is 1. The number of amides is 1. The van der Waals surface area contributed by atoms with E-state index in [-0.39, 0.29) is 5.91 Å². The second-order valence-corrected chi connectivity index (χ2v) is 8.28. The van der Waals surface area contributed by atoms with E-state index in [2.05, 4.69) is 12.2 Å². The second-order valence-electron chi connectivity index (χ2n) is 6.36. The number of benzene rings is 1. The van der Waals surface area contributed by atoms with Crippen LogP contribution >= 0.6 is 35.0 Å². The molecule has 0 aromatic heterocycles. The molecule has 1 amide bonds. The summed E-state index contributed by atoms with van der Waals surface area (Å²) in [6, 6.07) is 5.54. The van der Waals surface area contributed by atoms with Crippen LogP contribution in [-0.4, -0.2) is 18.2 Å². The molecule has 0 saturated heterocycles. The zero-order valence-corrected chi connectivity index (χ0v) is 18.1. The molecule has 0 atom stereocenters. The summed E-state index contributed by atoms with van der Waals surface area (Å²) in [5, 5.41) is 4.30. The first-order valence-electron chi connectivity index (χ1n) is 9.60. The minimum absolute atomic E-state index is 0.00989. The first-order chi connectivity index (χ1) is 12.6. The van der Waals surface area contributed by atoms with Gasteiger partial charge in [0.1, 0.15) is 0 Å². The molecule has 1 N–H and O–H groups in total. The fraction of sp³-hybridized carbons (Fsp3) is 0.571. The van der Waals surface area contributed by atoms with Crippen molar-refractivity contribution in [2.45, 2.75) is 64.0 Å². The SMILES string of the molecule is CCCCCCCCCC=CC(=O)NCCSCc1c(Cl)cccc1Cl. The highest BCUT2D eigenvalue weighted by atomic mass is 35.5. The van der Waals surface area contributed by atoms with Crippen LogP contribution in [0.4, 0.5) is 0 Å². The highest BCUT2D eigenvalue weighted by molar-refractivity contribution is 7.98. The fourth-order valence-electron chi connectivity index (χ4n) is 2.56. The molecule has 26 heavy (non-hydrogen) atoms. The topological polar surface area (TPSA) is 29.1 Å². The summed E-state index contributed by atoms with van der Waals surface area (Å²) in [7, 11) is 0. The highest BCUT2D eigenvalue weighted by Gasteiger charge is 2.05. The third-order valence-electron chi connectivity index (χ3n) is 4.10. The van der Waals surface area contributed by atoms with Crippen molar-refractivity contribution in [3.05, 3.63) is 46.0 Å². The first-order valence-corrected chi connectivity index (χ1v) is 11.5. The van der Waals surface area contributed by atoms with Crippen LogP contribution in [0.1, 0.15) is 63.9 Å². The normalized spacial score (nSPS) is 11.2. The Morgan fingerprint density at radius 3 is 2.42 bits per heavy atom. The smallest absolute Gasteiger partial charge is 0.243 e. The van der Waals surface area contributed by atoms with Crippen molar-refractivity contribution in [2.75, 3.05) is 12.3 Å². The molecule has 0 aliphatic rings. The van der Waals surface area contributed by atoms with Crippen molar-refractivity contribution >= 4 is 40.9 Å². The van der Waals surface area contributed by atoms with Crippen LogP contribution in [0.2, 0.25) is 10.0 Å². The van der Waals surface area contributed by atoms with E-state index in [1.807, 2.05) is 24.3 Å². The predicted molar refractivity (Wildman–Crippen MR) is 117 cm³/mol. The van der Waals surface area contributed by atoms with Gasteiger partial charge in [0.15, 0.2) is 0 Å². The summed E-state index contributed by atoms with van der Waals surface area (Å²) in [4.78, 5) is 11.7. The van der Waals surface area contributed by atoms with E-state index in [9.17, 15) is 4.79 Å². The number of rotatable bonds is 14. The number of nitrogens with one attached hydrogen (secondary N) is 1. The minimum atomic E-state index is -0.00989. The maximum absolute atomic E-state index is 11.7. The Morgan fingerprint density at radius 2 is 1.73 bits per heavy atom. The van der Waals surface area contributed by atoms with Crippen LogP contribution in [0.15, 0.2) is 30.4 Å². The van der Waals surface area contributed by atoms with Gasteiger partial charge in [-0.15, -0.1) is 0 Å². The van der Waals surface area contributed by atoms with Gasteiger partial charge in [0.2, 0.25) is 5.91 Å². The van der Waals surface area contributed by atoms with Gasteiger partial charge >= 0.3 is 0 Å². The summed E-state index contributed by atoms with van der Waals surface area (Å²) < 4.78 is 0. The first kappa shape index (κ1) is 23.4. The van der Waals surface area contributed by atoms with Crippen LogP contribution < -0.4 is 5.32 Å². The second kappa shape index (κ2) is 15.4. The predicted octanol–water partition coefficient (Wildman–Crippen LogP) is 7.04. The number of halogens is 2. The van der Waals surface area contributed by atoms with Gasteiger partial charge in [0, 0.05) is 28.1 Å². The maximum atomic E-state index is 11.7. The fourth-order valence-corrected chi connectivity index (χ4v) is 4.15. The molecule has 2 nitrogen and oxygen atoms in total. The van der Waals surface area contributed by atoms with Crippen LogP contribution in [-0.2, 0) is 10.5 Å². The van der Waals surface area contributed by atoms with E-state index >= 15 is 0 Å². The van der Waals surface area contributed by atoms with E-state index in [1.54, 1.807) is 17.8 Å². The zero-order valence-electron chi connectivity index (χ0n) is 15.7. The summed E-state index contributed by atoms with van der Waals surface area (Å²) >= 11 is 14.0. The molecule has 0 spiro atoms. The molecule has 0 bridgehead atoms. The summed E-state index contributed by atoms with van der Waals surface area (Å²) in [5.74, 6) is 1.57. The largest absolute Gasteiger partial charge is 0.352 e. The summed E-state index contributed by atoms with van der Waals surface area (Å²) in [6.07, 6.45) is 13.7. The molecule has 1 rings (SSSR count). The number of thioether (sulfide) groups is 1. The van der Waals surface area contributed by atoms with Crippen molar-refractivity contribution in [2.24, 2.45) is 0 Å². The number of unbranched alkanes of at least 4 members (excludes halogenated alkanes) is 7. The van der Waals surface area contributed by atoms with Gasteiger partial charge in [-0.05, 0) is 36.6 Å². The number of allylic oxidation sites excluding steroid dienone is 1. The lowest BCUT2D eigenvalue weighted by atomic mass is 10.1. The van der Waals surface area contributed by atoms with Gasteiger partial charge in [-0.25, -0.2) is 0 Å². The van der Waals surface area contributed by atoms with E-state index in [1.165, 1.54) is 44.9 Å². The van der Waals surface area contributed by atoms with Crippen LogP contribution in [0, 0.1) is 0 Å². The molecule has 0 heterocycles. The van der Waals surface area contributed by atoms with Gasteiger partial charge in [-0.2, -0.15) is 11.8 Å². The molecule has 0 saturated carbocycles. The van der Waals surface area contributed by atoms with E-state index in [0.717, 1.165) is 23.5 Å². The summed E-state index contributed by atoms with van der Waals surface area (Å²) in [6.45, 7) is 2.89. The van der Waals surface area contributed by atoms with Crippen molar-refractivity contribution in [1.29, 1.82) is 0 Å². The third kappa shape index (κ3) is 11.2. The average Bonchev–Trinajstić information content (AvgIpc) is 2.62. The number of hydrogen-bond donors (Lipinski definition) is 1. The average molecular weight is 416 g/mol. The Kier molecular flexibility index (Phi) is 13.9. The molecule has 1 aromatic carbocycles. The molecule has 0 unspecified atom stereocenters. The lowest BCUT2D eigenvalue weighted by Gasteiger charge is -2.07. The van der Waals surface area contributed by atoms with Crippen molar-refractivity contribution in [3.63, 3.8) is 0 Å². The van der Waals surface area contributed by atoms with Crippen molar-refractivity contribution in [1.82, 2.24) is 5.32 Å². The highest BCUT2D eigenvalue weighted by Crippen LogP contribution is 2.27. The van der Waals surface area contributed by atoms with Crippen LogP contribution in [0.25, 0.3) is 0 Å². The van der Waals surface area contributed by atoms with Crippen LogP contribution in [0.5, 0.6) is 0 Å². The van der Waals surface area contributed by atoms with Gasteiger partial charge in [0.25, 0.3) is 0 Å². The van der Waals surface area contributed by atoms with E-state index in [0.29, 0.717) is 16.6 Å². The van der Waals surface area contributed by atoms with Crippen LogP contribution in [0.3, 0.4) is 0 Å². The third-order valence-corrected chi connectivity index (χ3v) is 5.79. The molecule has 0 fully saturated rings. The van der Waals surface area contributed by atoms with E-state index < -0.39 is 0 Å². The quantitative estimate of drug-likeness (QED) is 0.260. The Morgan fingerprint density at radius 1 is 1.08 bits per heavy atom. The standard InChI is InChI=1S/C21H31Cl2NOS/c1-2-3-4-5-6-7-8-9-10-14-21(25)24-15-16-26-17-18-19(22)12-11-13-20(18)23/h10-14H,2-9,15-17H2,1H3,(H,24,25). The molecule has 0 radical (unpaired) electrons. The minimum Gasteiger partial charge on any atom is -0.352 e. The Balaban J connectivity index is 2.01. The Labute approximate surface area is 173 Å². The lowest BCUT2D eigenvalue weighted by Crippen LogP contribution is -2.23. The molecule has 5 heteroatoms. The number of hydrogen-bond acceptors (Lipinski definition) is 2. The monoisotopic (exact) mass is 415 g/mol. The van der Waals surface area contributed by atoms with Gasteiger partial charge in [0.05, 0.1) is 0 Å². The van der Waals surface area contributed by atoms with E-state index in [4.69, 9.17) is 23.2 Å². The Hall–Kier alpha value is -0.640. The summed E-state index contributed by atoms with van der Waals surface area (Å²) in [5.41, 5.74) is 0.960. The van der Waals surface area contributed by atoms with Crippen molar-refractivity contribution < 1.29 is 4.79 Å². The lowest BCUT2D eigenvalue weighted by molar-refractivity contribution is -0.116. The molecule has 0 aliphatic carbocycles. The van der Waals surface area contributed by atoms with Gasteiger partial charge in [-0.1, -0.05) is 80.8 Å². The molecule has 1 aromatic rings. The molecular formula is C21H31Cl2NOS. The molecular weight excluding hydrogens is 385 g/mol. The zero-order chi connectivity index (χ0) is 19.0. The molecule has 146 valence electrons. The van der Waals surface area contributed by atoms with Gasteiger partial charge < -0.3 is 5.32 Å². The maximum Gasteiger partial charge on any atom is 0.243 e. The molecule has 0 aliphatic heterocycles. The van der Waals surface area contributed by atoms with Gasteiger partial charge in [-0.3, -0.25) is 4.79 Å². The van der Waals surface area contributed by atoms with Crippen molar-refractivity contribution in [3.8, 4) is 0 Å². The number of carbonyl (C=O) groups is 1.